The van der Waals surface area contributed by atoms with Crippen molar-refractivity contribution >= 4 is 38.6 Å². The Labute approximate surface area is 140 Å². The first kappa shape index (κ1) is 15.3. The Bertz CT molecular complexity index is 956. The number of aromatic nitrogens is 2. The Morgan fingerprint density at radius 3 is 2.91 bits per heavy atom. The molecule has 2 aromatic carbocycles. The molecule has 0 amide bonds. The van der Waals surface area contributed by atoms with Gasteiger partial charge in [-0.2, -0.15) is 5.26 Å². The molecule has 114 valence electrons. The Morgan fingerprint density at radius 2 is 2.17 bits per heavy atom. The maximum atomic E-state index is 13.3. The van der Waals surface area contributed by atoms with Crippen molar-refractivity contribution in [1.29, 1.82) is 5.26 Å². The molecule has 3 rings (SSSR count). The summed E-state index contributed by atoms with van der Waals surface area (Å²) in [6.07, 6.45) is 1.68. The van der Waals surface area contributed by atoms with E-state index in [1.165, 1.54) is 12.1 Å². The number of hydrogen-bond donors (Lipinski definition) is 1. The largest absolute Gasteiger partial charge is 0.496 e. The highest BCUT2D eigenvalue weighted by atomic mass is 79.9. The number of methoxy groups -OCH3 is 1. The van der Waals surface area contributed by atoms with E-state index in [0.29, 0.717) is 28.2 Å². The zero-order valence-electron chi connectivity index (χ0n) is 12.1. The van der Waals surface area contributed by atoms with Crippen molar-refractivity contribution in [1.82, 2.24) is 9.97 Å². The van der Waals surface area contributed by atoms with E-state index in [1.54, 1.807) is 25.3 Å². The highest BCUT2D eigenvalue weighted by molar-refractivity contribution is 9.10. The molecular weight excluding hydrogens is 361 g/mol. The summed E-state index contributed by atoms with van der Waals surface area (Å²) in [7, 11) is 1.57. The molecule has 0 atom stereocenters. The van der Waals surface area contributed by atoms with Gasteiger partial charge in [-0.15, -0.1) is 0 Å². The van der Waals surface area contributed by atoms with E-state index >= 15 is 0 Å². The molecule has 0 unspecified atom stereocenters. The molecule has 0 aliphatic rings. The van der Waals surface area contributed by atoms with Gasteiger partial charge in [0, 0.05) is 10.0 Å². The summed E-state index contributed by atoms with van der Waals surface area (Å²) in [5.41, 5.74) is 2.22. The summed E-state index contributed by atoms with van der Waals surface area (Å²) in [6.45, 7) is 0. The van der Waals surface area contributed by atoms with Gasteiger partial charge in [-0.05, 0) is 42.5 Å². The summed E-state index contributed by atoms with van der Waals surface area (Å²) in [4.78, 5) is 7.30. The van der Waals surface area contributed by atoms with Crippen molar-refractivity contribution in [2.24, 2.45) is 0 Å². The standard InChI is InChI=1S/C17H11BrFN3O/c1-23-16-5-2-12(18)7-10(16)6-11(9-20)17-21-14-4-3-13(19)8-15(14)22-17/h2-8H,1H3,(H,21,22)/b11-6-. The molecule has 0 fully saturated rings. The zero-order valence-corrected chi connectivity index (χ0v) is 13.7. The minimum Gasteiger partial charge on any atom is -0.496 e. The molecular formula is C17H11BrFN3O. The van der Waals surface area contributed by atoms with E-state index in [9.17, 15) is 9.65 Å². The quantitative estimate of drug-likeness (QED) is 0.687. The molecule has 6 heteroatoms. The molecule has 1 heterocycles. The third-order valence-electron chi connectivity index (χ3n) is 3.31. The van der Waals surface area contributed by atoms with Gasteiger partial charge in [0.25, 0.3) is 0 Å². The highest BCUT2D eigenvalue weighted by Crippen LogP contribution is 2.27. The number of nitriles is 1. The van der Waals surface area contributed by atoms with Crippen molar-refractivity contribution < 1.29 is 9.13 Å². The molecule has 0 aliphatic heterocycles. The van der Waals surface area contributed by atoms with Crippen LogP contribution in [0.25, 0.3) is 22.7 Å². The van der Waals surface area contributed by atoms with Crippen LogP contribution in [0, 0.1) is 17.1 Å². The maximum absolute atomic E-state index is 13.3. The Balaban J connectivity index is 2.11. The van der Waals surface area contributed by atoms with E-state index in [1.807, 2.05) is 12.1 Å². The van der Waals surface area contributed by atoms with Crippen LogP contribution in [0.1, 0.15) is 11.4 Å². The molecule has 0 bridgehead atoms. The van der Waals surface area contributed by atoms with Gasteiger partial charge in [0.1, 0.15) is 23.5 Å². The molecule has 0 spiro atoms. The molecule has 0 saturated heterocycles. The molecule has 1 aromatic heterocycles. The van der Waals surface area contributed by atoms with Gasteiger partial charge in [-0.3, -0.25) is 0 Å². The first-order valence-corrected chi connectivity index (χ1v) is 7.51. The van der Waals surface area contributed by atoms with Crippen LogP contribution in [0.3, 0.4) is 0 Å². The van der Waals surface area contributed by atoms with Crippen LogP contribution in [0.4, 0.5) is 4.39 Å². The summed E-state index contributed by atoms with van der Waals surface area (Å²) < 4.78 is 19.4. The number of halogens is 2. The first-order valence-electron chi connectivity index (χ1n) is 6.71. The molecule has 4 nitrogen and oxygen atoms in total. The van der Waals surface area contributed by atoms with Gasteiger partial charge in [-0.1, -0.05) is 15.9 Å². The fourth-order valence-electron chi connectivity index (χ4n) is 2.24. The van der Waals surface area contributed by atoms with Crippen molar-refractivity contribution in [2.75, 3.05) is 7.11 Å². The molecule has 1 N–H and O–H groups in total. The smallest absolute Gasteiger partial charge is 0.149 e. The number of H-pyrrole nitrogens is 1. The second-order valence-electron chi connectivity index (χ2n) is 4.80. The predicted molar refractivity (Wildman–Crippen MR) is 90.2 cm³/mol. The average Bonchev–Trinajstić information content (AvgIpc) is 2.95. The van der Waals surface area contributed by atoms with Crippen LogP contribution in [0.2, 0.25) is 0 Å². The number of fused-ring (bicyclic) bond motifs is 1. The topological polar surface area (TPSA) is 61.7 Å². The van der Waals surface area contributed by atoms with Crippen LogP contribution in [0.5, 0.6) is 5.75 Å². The van der Waals surface area contributed by atoms with Gasteiger partial charge in [0.05, 0.1) is 23.7 Å². The van der Waals surface area contributed by atoms with E-state index in [4.69, 9.17) is 4.74 Å². The van der Waals surface area contributed by atoms with Crippen molar-refractivity contribution in [3.05, 3.63) is 58.1 Å². The molecule has 0 aliphatic carbocycles. The number of ether oxygens (including phenoxy) is 1. The number of rotatable bonds is 3. The Hall–Kier alpha value is -2.65. The van der Waals surface area contributed by atoms with Gasteiger partial charge < -0.3 is 9.72 Å². The van der Waals surface area contributed by atoms with E-state index in [-0.39, 0.29) is 5.82 Å². The average molecular weight is 372 g/mol. The highest BCUT2D eigenvalue weighted by Gasteiger charge is 2.10. The first-order chi connectivity index (χ1) is 11.1. The molecule has 0 saturated carbocycles. The summed E-state index contributed by atoms with van der Waals surface area (Å²) >= 11 is 3.40. The fraction of sp³-hybridized carbons (Fsp3) is 0.0588. The normalized spacial score (nSPS) is 11.5. The predicted octanol–water partition coefficient (Wildman–Crippen LogP) is 4.54. The van der Waals surface area contributed by atoms with Gasteiger partial charge in [0.15, 0.2) is 0 Å². The SMILES string of the molecule is COc1ccc(Br)cc1/C=C(/C#N)c1nc2ccc(F)cc2[nH]1. The maximum Gasteiger partial charge on any atom is 0.149 e. The second kappa shape index (κ2) is 6.23. The Kier molecular flexibility index (Phi) is 4.13. The van der Waals surface area contributed by atoms with E-state index < -0.39 is 0 Å². The molecule has 23 heavy (non-hydrogen) atoms. The van der Waals surface area contributed by atoms with Crippen molar-refractivity contribution in [3.63, 3.8) is 0 Å². The second-order valence-corrected chi connectivity index (χ2v) is 5.72. The third-order valence-corrected chi connectivity index (χ3v) is 3.80. The summed E-state index contributed by atoms with van der Waals surface area (Å²) in [5, 5.41) is 9.45. The lowest BCUT2D eigenvalue weighted by atomic mass is 10.1. The lowest BCUT2D eigenvalue weighted by molar-refractivity contribution is 0.414. The number of nitrogens with one attached hydrogen (secondary N) is 1. The summed E-state index contributed by atoms with van der Waals surface area (Å²) in [5.74, 6) is 0.669. The van der Waals surface area contributed by atoms with E-state index in [2.05, 4.69) is 32.0 Å². The lowest BCUT2D eigenvalue weighted by Gasteiger charge is -2.05. The monoisotopic (exact) mass is 371 g/mol. The van der Waals surface area contributed by atoms with Crippen LogP contribution in [-0.4, -0.2) is 17.1 Å². The lowest BCUT2D eigenvalue weighted by Crippen LogP contribution is -1.89. The number of allylic oxidation sites excluding steroid dienone is 1. The minimum absolute atomic E-state index is 0.331. The van der Waals surface area contributed by atoms with Gasteiger partial charge in [0.2, 0.25) is 0 Å². The molecule has 0 radical (unpaired) electrons. The van der Waals surface area contributed by atoms with Gasteiger partial charge >= 0.3 is 0 Å². The Morgan fingerprint density at radius 1 is 1.35 bits per heavy atom. The number of aromatic amines is 1. The van der Waals surface area contributed by atoms with Crippen molar-refractivity contribution in [2.45, 2.75) is 0 Å². The third kappa shape index (κ3) is 3.10. The number of nitrogens with zero attached hydrogens (tertiary/aromatic N) is 2. The van der Waals surface area contributed by atoms with Crippen LogP contribution in [-0.2, 0) is 0 Å². The number of benzene rings is 2. The number of imidazole rings is 1. The molecule has 3 aromatic rings. The van der Waals surface area contributed by atoms with Crippen molar-refractivity contribution in [3.8, 4) is 11.8 Å². The zero-order chi connectivity index (χ0) is 16.4. The fourth-order valence-corrected chi connectivity index (χ4v) is 2.62. The van der Waals surface area contributed by atoms with Crippen LogP contribution in [0.15, 0.2) is 40.9 Å². The van der Waals surface area contributed by atoms with Gasteiger partial charge in [-0.25, -0.2) is 9.37 Å². The number of hydrogen-bond acceptors (Lipinski definition) is 3. The van der Waals surface area contributed by atoms with Crippen LogP contribution >= 0.6 is 15.9 Å². The van der Waals surface area contributed by atoms with E-state index in [0.717, 1.165) is 10.0 Å². The summed E-state index contributed by atoms with van der Waals surface area (Å²) in [6, 6.07) is 11.9. The van der Waals surface area contributed by atoms with Crippen LogP contribution < -0.4 is 4.74 Å². The minimum atomic E-state index is -0.358.